The summed E-state index contributed by atoms with van der Waals surface area (Å²) >= 11 is 0. The lowest BCUT2D eigenvalue weighted by atomic mass is 9.96. The molecule has 1 N–H and O–H groups in total. The van der Waals surface area contributed by atoms with Crippen molar-refractivity contribution in [1.82, 2.24) is 15.1 Å². The molecule has 2 aliphatic rings. The summed E-state index contributed by atoms with van der Waals surface area (Å²) < 4.78 is 0. The molecule has 116 valence electrons. The molecule has 2 amide bonds. The quantitative estimate of drug-likeness (QED) is 0.847. The molecule has 20 heavy (non-hydrogen) atoms. The molecule has 1 unspecified atom stereocenters. The molecule has 2 aliphatic heterocycles. The zero-order chi connectivity index (χ0) is 14.0. The van der Waals surface area contributed by atoms with E-state index in [-0.39, 0.29) is 24.2 Å². The summed E-state index contributed by atoms with van der Waals surface area (Å²) in [7, 11) is 1.80. The fraction of sp³-hybridized carbons (Fsp3) is 0.857. The third-order valence-corrected chi connectivity index (χ3v) is 4.37. The van der Waals surface area contributed by atoms with Gasteiger partial charge in [0.15, 0.2) is 0 Å². The van der Waals surface area contributed by atoms with Crippen LogP contribution in [-0.4, -0.2) is 59.9 Å². The molecule has 0 aromatic carbocycles. The standard InChI is InChI=1S/C14H25N3O2.ClH/c1-14(2)13(19)16(3)9-10-17(14)12(18)7-6-11-5-4-8-15-11;/h11,15H,4-10H2,1-3H3;1H. The number of hydrogen-bond acceptors (Lipinski definition) is 3. The predicted octanol–water partition coefficient (Wildman–Crippen LogP) is 1.02. The van der Waals surface area contributed by atoms with Crippen LogP contribution < -0.4 is 5.32 Å². The summed E-state index contributed by atoms with van der Waals surface area (Å²) in [5.41, 5.74) is -0.701. The average molecular weight is 304 g/mol. The maximum absolute atomic E-state index is 12.4. The first-order valence-electron chi connectivity index (χ1n) is 7.22. The molecule has 2 heterocycles. The number of nitrogens with one attached hydrogen (secondary N) is 1. The van der Waals surface area contributed by atoms with E-state index in [1.807, 2.05) is 13.8 Å². The molecule has 0 aliphatic carbocycles. The molecule has 0 radical (unpaired) electrons. The first kappa shape index (κ1) is 17.2. The number of hydrogen-bond donors (Lipinski definition) is 1. The second-order valence-corrected chi connectivity index (χ2v) is 6.16. The van der Waals surface area contributed by atoms with Crippen molar-refractivity contribution >= 4 is 24.2 Å². The number of rotatable bonds is 3. The SMILES string of the molecule is CN1CCN(C(=O)CCC2CCCN2)C(C)(C)C1=O.Cl. The molecule has 6 heteroatoms. The van der Waals surface area contributed by atoms with Crippen LogP contribution in [0.1, 0.15) is 39.5 Å². The van der Waals surface area contributed by atoms with Crippen LogP contribution in [-0.2, 0) is 9.59 Å². The summed E-state index contributed by atoms with van der Waals surface area (Å²) in [6.45, 7) is 6.03. The highest BCUT2D eigenvalue weighted by Crippen LogP contribution is 2.23. The summed E-state index contributed by atoms with van der Waals surface area (Å²) in [5.74, 6) is 0.145. The molecule has 0 aromatic rings. The molecule has 2 saturated heterocycles. The van der Waals surface area contributed by atoms with Crippen molar-refractivity contribution < 1.29 is 9.59 Å². The lowest BCUT2D eigenvalue weighted by molar-refractivity contribution is -0.157. The zero-order valence-electron chi connectivity index (χ0n) is 12.6. The Balaban J connectivity index is 0.00000200. The number of carbonyl (C=O) groups excluding carboxylic acids is 2. The molecule has 2 fully saturated rings. The second-order valence-electron chi connectivity index (χ2n) is 6.16. The van der Waals surface area contributed by atoms with E-state index in [0.29, 0.717) is 25.6 Å². The fourth-order valence-corrected chi connectivity index (χ4v) is 3.09. The van der Waals surface area contributed by atoms with Gasteiger partial charge in [-0.25, -0.2) is 0 Å². The van der Waals surface area contributed by atoms with Crippen LogP contribution >= 0.6 is 12.4 Å². The predicted molar refractivity (Wildman–Crippen MR) is 80.9 cm³/mol. The van der Waals surface area contributed by atoms with Gasteiger partial charge in [-0.05, 0) is 39.7 Å². The normalized spacial score (nSPS) is 25.6. The van der Waals surface area contributed by atoms with Crippen LogP contribution in [0.4, 0.5) is 0 Å². The monoisotopic (exact) mass is 303 g/mol. The topological polar surface area (TPSA) is 52.6 Å². The summed E-state index contributed by atoms with van der Waals surface area (Å²) in [4.78, 5) is 28.0. The van der Waals surface area contributed by atoms with Crippen LogP contribution in [0.15, 0.2) is 0 Å². The minimum absolute atomic E-state index is 0. The molecule has 0 aromatic heterocycles. The van der Waals surface area contributed by atoms with Gasteiger partial charge in [-0.3, -0.25) is 9.59 Å². The number of amides is 2. The third-order valence-electron chi connectivity index (χ3n) is 4.37. The Bertz CT molecular complexity index is 367. The maximum Gasteiger partial charge on any atom is 0.247 e. The van der Waals surface area contributed by atoms with Crippen LogP contribution in [0.5, 0.6) is 0 Å². The number of piperazine rings is 1. The smallest absolute Gasteiger partial charge is 0.247 e. The van der Waals surface area contributed by atoms with Crippen molar-refractivity contribution in [2.75, 3.05) is 26.7 Å². The Kier molecular flexibility index (Phi) is 5.83. The Labute approximate surface area is 127 Å². The van der Waals surface area contributed by atoms with Crippen molar-refractivity contribution in [3.8, 4) is 0 Å². The number of likely N-dealkylation sites (N-methyl/N-ethyl adjacent to an activating group) is 1. The van der Waals surface area contributed by atoms with E-state index in [1.165, 1.54) is 12.8 Å². The number of nitrogens with zero attached hydrogens (tertiary/aromatic N) is 2. The highest BCUT2D eigenvalue weighted by Gasteiger charge is 2.42. The van der Waals surface area contributed by atoms with Gasteiger partial charge in [-0.2, -0.15) is 0 Å². The summed E-state index contributed by atoms with van der Waals surface area (Å²) in [6.07, 6.45) is 3.79. The average Bonchev–Trinajstić information content (AvgIpc) is 2.86. The van der Waals surface area contributed by atoms with Gasteiger partial charge < -0.3 is 15.1 Å². The Morgan fingerprint density at radius 2 is 2.10 bits per heavy atom. The molecule has 0 saturated carbocycles. The first-order chi connectivity index (χ1) is 8.93. The van der Waals surface area contributed by atoms with Crippen LogP contribution in [0.3, 0.4) is 0 Å². The van der Waals surface area contributed by atoms with Gasteiger partial charge in [0.25, 0.3) is 0 Å². The third kappa shape index (κ3) is 3.44. The Morgan fingerprint density at radius 3 is 2.70 bits per heavy atom. The lowest BCUT2D eigenvalue weighted by Gasteiger charge is -2.44. The van der Waals surface area contributed by atoms with E-state index in [0.717, 1.165) is 13.0 Å². The van der Waals surface area contributed by atoms with E-state index < -0.39 is 5.54 Å². The van der Waals surface area contributed by atoms with Crippen molar-refractivity contribution in [3.63, 3.8) is 0 Å². The molecular formula is C14H26ClN3O2. The number of carbonyl (C=O) groups is 2. The molecule has 5 nitrogen and oxygen atoms in total. The van der Waals surface area contributed by atoms with Crippen LogP contribution in [0.25, 0.3) is 0 Å². The Hall–Kier alpha value is -0.810. The number of halogens is 1. The first-order valence-corrected chi connectivity index (χ1v) is 7.22. The van der Waals surface area contributed by atoms with Gasteiger partial charge in [0.1, 0.15) is 5.54 Å². The van der Waals surface area contributed by atoms with E-state index in [9.17, 15) is 9.59 Å². The highest BCUT2D eigenvalue weighted by atomic mass is 35.5. The molecule has 0 bridgehead atoms. The van der Waals surface area contributed by atoms with Gasteiger partial charge in [-0.1, -0.05) is 0 Å². The van der Waals surface area contributed by atoms with Gasteiger partial charge in [0, 0.05) is 32.6 Å². The molecule has 1 atom stereocenters. The minimum Gasteiger partial charge on any atom is -0.342 e. The van der Waals surface area contributed by atoms with Crippen molar-refractivity contribution in [2.45, 2.75) is 51.1 Å². The van der Waals surface area contributed by atoms with Crippen molar-refractivity contribution in [2.24, 2.45) is 0 Å². The van der Waals surface area contributed by atoms with Gasteiger partial charge in [0.2, 0.25) is 11.8 Å². The molecule has 2 rings (SSSR count). The zero-order valence-corrected chi connectivity index (χ0v) is 13.5. The van der Waals surface area contributed by atoms with E-state index in [1.54, 1.807) is 16.8 Å². The summed E-state index contributed by atoms with van der Waals surface area (Å²) in [6, 6.07) is 0.482. The van der Waals surface area contributed by atoms with Gasteiger partial charge >= 0.3 is 0 Å². The highest BCUT2D eigenvalue weighted by molar-refractivity contribution is 5.91. The van der Waals surface area contributed by atoms with Crippen LogP contribution in [0, 0.1) is 0 Å². The minimum atomic E-state index is -0.701. The van der Waals surface area contributed by atoms with E-state index >= 15 is 0 Å². The fourth-order valence-electron chi connectivity index (χ4n) is 3.09. The second kappa shape index (κ2) is 6.76. The Morgan fingerprint density at radius 1 is 1.40 bits per heavy atom. The molecule has 0 spiro atoms. The molecular weight excluding hydrogens is 278 g/mol. The van der Waals surface area contributed by atoms with E-state index in [2.05, 4.69) is 5.32 Å². The van der Waals surface area contributed by atoms with Gasteiger partial charge in [-0.15, -0.1) is 12.4 Å². The van der Waals surface area contributed by atoms with Crippen LogP contribution in [0.2, 0.25) is 0 Å². The summed E-state index contributed by atoms with van der Waals surface area (Å²) in [5, 5.41) is 3.41. The van der Waals surface area contributed by atoms with E-state index in [4.69, 9.17) is 0 Å². The van der Waals surface area contributed by atoms with Crippen molar-refractivity contribution in [3.05, 3.63) is 0 Å². The van der Waals surface area contributed by atoms with Gasteiger partial charge in [0.05, 0.1) is 0 Å². The maximum atomic E-state index is 12.4. The lowest BCUT2D eigenvalue weighted by Crippen LogP contribution is -2.63. The van der Waals surface area contributed by atoms with Crippen molar-refractivity contribution in [1.29, 1.82) is 0 Å². The largest absolute Gasteiger partial charge is 0.342 e.